The van der Waals surface area contributed by atoms with Gasteiger partial charge in [-0.25, -0.2) is 4.79 Å². The number of hydrogen-bond donors (Lipinski definition) is 0. The Morgan fingerprint density at radius 1 is 1.12 bits per heavy atom. The van der Waals surface area contributed by atoms with Crippen molar-refractivity contribution in [3.05, 3.63) is 57.0 Å². The maximum absolute atomic E-state index is 12.6. The van der Waals surface area contributed by atoms with E-state index in [9.17, 15) is 9.59 Å². The van der Waals surface area contributed by atoms with Gasteiger partial charge in [-0.3, -0.25) is 22.9 Å². The highest BCUT2D eigenvalue weighted by molar-refractivity contribution is 5.76. The van der Waals surface area contributed by atoms with E-state index in [2.05, 4.69) is 4.98 Å². The van der Waals surface area contributed by atoms with E-state index in [4.69, 9.17) is 4.74 Å². The number of rotatable bonds is 2. The molecule has 0 aliphatic heterocycles. The number of methoxy groups -OCH3 is 1. The molecule has 0 amide bonds. The van der Waals surface area contributed by atoms with Crippen LogP contribution in [0.1, 0.15) is 5.69 Å². The van der Waals surface area contributed by atoms with E-state index < -0.39 is 5.69 Å². The molecule has 0 fully saturated rings. The number of fused-ring (bicyclic) bond motifs is 3. The predicted molar refractivity (Wildman–Crippen MR) is 93.8 cm³/mol. The lowest BCUT2D eigenvalue weighted by Crippen LogP contribution is -2.37. The molecule has 0 spiro atoms. The molecule has 4 rings (SSSR count). The molecule has 0 N–H and O–H groups in total. The zero-order valence-electron chi connectivity index (χ0n) is 14.3. The summed E-state index contributed by atoms with van der Waals surface area (Å²) < 4.78 is 11.4. The molecular weight excluding hydrogens is 322 g/mol. The molecule has 4 aromatic rings. The van der Waals surface area contributed by atoms with Crippen molar-refractivity contribution in [3.8, 4) is 11.4 Å². The lowest BCUT2D eigenvalue weighted by Gasteiger charge is -2.07. The first-order chi connectivity index (χ1) is 11.9. The van der Waals surface area contributed by atoms with Crippen molar-refractivity contribution in [1.82, 2.24) is 23.1 Å². The van der Waals surface area contributed by atoms with E-state index in [1.807, 2.05) is 42.0 Å². The van der Waals surface area contributed by atoms with Gasteiger partial charge in [-0.1, -0.05) is 6.07 Å². The van der Waals surface area contributed by atoms with Crippen molar-refractivity contribution >= 4 is 16.9 Å². The Morgan fingerprint density at radius 3 is 2.60 bits per heavy atom. The van der Waals surface area contributed by atoms with Crippen molar-refractivity contribution in [1.29, 1.82) is 0 Å². The lowest BCUT2D eigenvalue weighted by molar-refractivity contribution is 0.414. The lowest BCUT2D eigenvalue weighted by atomic mass is 10.3. The van der Waals surface area contributed by atoms with Gasteiger partial charge in [-0.2, -0.15) is 4.98 Å². The van der Waals surface area contributed by atoms with Gasteiger partial charge in [-0.05, 0) is 19.1 Å². The van der Waals surface area contributed by atoms with Gasteiger partial charge in [0, 0.05) is 32.1 Å². The zero-order valence-corrected chi connectivity index (χ0v) is 14.3. The summed E-state index contributed by atoms with van der Waals surface area (Å²) in [5.41, 5.74) is 1.75. The predicted octanol–water partition coefficient (Wildman–Crippen LogP) is 0.993. The van der Waals surface area contributed by atoms with E-state index in [-0.39, 0.29) is 5.56 Å². The molecule has 128 valence electrons. The zero-order chi connectivity index (χ0) is 17.9. The van der Waals surface area contributed by atoms with E-state index in [0.29, 0.717) is 16.9 Å². The molecule has 0 radical (unpaired) electrons. The number of ether oxygens (including phenoxy) is 1. The van der Waals surface area contributed by atoms with Crippen molar-refractivity contribution in [3.63, 3.8) is 0 Å². The Kier molecular flexibility index (Phi) is 3.11. The third kappa shape index (κ3) is 1.97. The first kappa shape index (κ1) is 15.3. The smallest absolute Gasteiger partial charge is 0.332 e. The second-order valence-corrected chi connectivity index (χ2v) is 5.97. The van der Waals surface area contributed by atoms with Gasteiger partial charge >= 0.3 is 5.69 Å². The third-order valence-electron chi connectivity index (χ3n) is 4.45. The minimum absolute atomic E-state index is 0.361. The van der Waals surface area contributed by atoms with Crippen LogP contribution >= 0.6 is 0 Å². The summed E-state index contributed by atoms with van der Waals surface area (Å²) in [5, 5.41) is 0. The van der Waals surface area contributed by atoms with Crippen molar-refractivity contribution < 1.29 is 4.74 Å². The molecule has 0 bridgehead atoms. The molecule has 0 unspecified atom stereocenters. The Bertz CT molecular complexity index is 1260. The molecule has 0 atom stereocenters. The van der Waals surface area contributed by atoms with Crippen molar-refractivity contribution in [2.45, 2.75) is 6.92 Å². The monoisotopic (exact) mass is 339 g/mol. The number of imidazole rings is 2. The van der Waals surface area contributed by atoms with Crippen LogP contribution in [0.3, 0.4) is 0 Å². The van der Waals surface area contributed by atoms with Crippen LogP contribution in [0.4, 0.5) is 0 Å². The molecule has 25 heavy (non-hydrogen) atoms. The molecule has 3 aromatic heterocycles. The Balaban J connectivity index is 2.16. The van der Waals surface area contributed by atoms with Gasteiger partial charge in [0.1, 0.15) is 5.75 Å². The number of aromatic nitrogens is 5. The fourth-order valence-corrected chi connectivity index (χ4v) is 3.15. The number of hydrogen-bond acceptors (Lipinski definition) is 4. The summed E-state index contributed by atoms with van der Waals surface area (Å²) in [7, 11) is 4.69. The van der Waals surface area contributed by atoms with E-state index in [0.717, 1.165) is 21.7 Å². The fourth-order valence-electron chi connectivity index (χ4n) is 3.15. The Morgan fingerprint density at radius 2 is 1.88 bits per heavy atom. The van der Waals surface area contributed by atoms with E-state index in [1.54, 1.807) is 18.6 Å². The van der Waals surface area contributed by atoms with Gasteiger partial charge < -0.3 is 4.74 Å². The summed E-state index contributed by atoms with van der Waals surface area (Å²) in [6.45, 7) is 1.94. The van der Waals surface area contributed by atoms with Gasteiger partial charge in [0.15, 0.2) is 11.2 Å². The normalized spacial score (nSPS) is 11.5. The van der Waals surface area contributed by atoms with Crippen LogP contribution < -0.4 is 16.0 Å². The van der Waals surface area contributed by atoms with Crippen LogP contribution in [0.15, 0.2) is 40.1 Å². The molecule has 1 aromatic carbocycles. The summed E-state index contributed by atoms with van der Waals surface area (Å²) in [4.78, 5) is 29.3. The molecular formula is C17H17N5O3. The Labute approximate surface area is 142 Å². The quantitative estimate of drug-likeness (QED) is 0.546. The minimum atomic E-state index is -0.400. The number of benzene rings is 1. The largest absolute Gasteiger partial charge is 0.497 e. The summed E-state index contributed by atoms with van der Waals surface area (Å²) in [6.07, 6.45) is 1.84. The van der Waals surface area contributed by atoms with Crippen molar-refractivity contribution in [2.24, 2.45) is 14.1 Å². The average Bonchev–Trinajstić information content (AvgIpc) is 3.12. The van der Waals surface area contributed by atoms with Crippen LogP contribution in [0.5, 0.6) is 5.75 Å². The second-order valence-electron chi connectivity index (χ2n) is 5.97. The van der Waals surface area contributed by atoms with Gasteiger partial charge in [0.25, 0.3) is 5.56 Å². The highest BCUT2D eigenvalue weighted by Gasteiger charge is 2.19. The molecule has 0 aliphatic rings. The van der Waals surface area contributed by atoms with Gasteiger partial charge in [0.05, 0.1) is 12.8 Å². The number of aryl methyl sites for hydroxylation is 2. The minimum Gasteiger partial charge on any atom is -0.497 e. The van der Waals surface area contributed by atoms with Gasteiger partial charge in [-0.15, -0.1) is 0 Å². The summed E-state index contributed by atoms with van der Waals surface area (Å²) in [6, 6.07) is 7.58. The maximum Gasteiger partial charge on any atom is 0.332 e. The first-order valence-corrected chi connectivity index (χ1v) is 7.74. The van der Waals surface area contributed by atoms with Crippen LogP contribution in [0.2, 0.25) is 0 Å². The average molecular weight is 339 g/mol. The van der Waals surface area contributed by atoms with Crippen LogP contribution in [-0.4, -0.2) is 30.2 Å². The molecule has 0 saturated heterocycles. The van der Waals surface area contributed by atoms with Gasteiger partial charge in [0.2, 0.25) is 5.78 Å². The van der Waals surface area contributed by atoms with Crippen molar-refractivity contribution in [2.75, 3.05) is 7.11 Å². The SMILES string of the molecule is COc1cccc(-n2c(C)cn3c4c(=O)n(C)c(=O)n(C)c4nc23)c1. The standard InChI is InChI=1S/C17H17N5O3/c1-10-9-21-13-14(19(2)17(24)20(3)15(13)23)18-16(21)22(10)11-6-5-7-12(8-11)25-4/h5-9H,1-4H3. The highest BCUT2D eigenvalue weighted by Crippen LogP contribution is 2.23. The third-order valence-corrected chi connectivity index (χ3v) is 4.45. The van der Waals surface area contributed by atoms with Crippen LogP contribution in [-0.2, 0) is 14.1 Å². The second kappa shape index (κ2) is 5.10. The number of nitrogens with zero attached hydrogens (tertiary/aromatic N) is 5. The molecule has 3 heterocycles. The van der Waals surface area contributed by atoms with E-state index >= 15 is 0 Å². The summed E-state index contributed by atoms with van der Waals surface area (Å²) in [5.74, 6) is 1.29. The fraction of sp³-hybridized carbons (Fsp3) is 0.235. The molecule has 8 heteroatoms. The first-order valence-electron chi connectivity index (χ1n) is 7.74. The Hall–Kier alpha value is -3.29. The van der Waals surface area contributed by atoms with E-state index in [1.165, 1.54) is 11.6 Å². The summed E-state index contributed by atoms with van der Waals surface area (Å²) >= 11 is 0. The van der Waals surface area contributed by atoms with Crippen LogP contribution in [0.25, 0.3) is 22.6 Å². The molecule has 8 nitrogen and oxygen atoms in total. The topological polar surface area (TPSA) is 75.5 Å². The molecule has 0 aliphatic carbocycles. The van der Waals surface area contributed by atoms with Crippen LogP contribution in [0, 0.1) is 6.92 Å². The maximum atomic E-state index is 12.6. The molecule has 0 saturated carbocycles. The highest BCUT2D eigenvalue weighted by atomic mass is 16.5.